The van der Waals surface area contributed by atoms with Crippen molar-refractivity contribution in [2.45, 2.75) is 39.2 Å². The van der Waals surface area contributed by atoms with Gasteiger partial charge in [-0.3, -0.25) is 14.5 Å². The summed E-state index contributed by atoms with van der Waals surface area (Å²) in [6.45, 7) is 7.68. The Kier molecular flexibility index (Phi) is 6.18. The monoisotopic (exact) mass is 422 g/mol. The van der Waals surface area contributed by atoms with Crippen molar-refractivity contribution in [1.29, 1.82) is 0 Å². The van der Waals surface area contributed by atoms with E-state index in [1.807, 2.05) is 19.9 Å². The van der Waals surface area contributed by atoms with Crippen molar-refractivity contribution in [2.24, 2.45) is 0 Å². The standard InChI is InChI=1S/C23H30N6O2/c1-4-16-14-25-21(27-22(16)30)17-5-6-18(13-17)28-9-11-29(12-10-28)20-8-7-19(23(31)24-3)26-15(20)2/h7-8,13-14,18H,4-6,9-12H2,1-3H3,(H,24,31)(H,25,27,30). The number of allylic oxidation sites excluding steroid dienone is 1. The fourth-order valence-corrected chi connectivity index (χ4v) is 4.46. The van der Waals surface area contributed by atoms with Crippen LogP contribution in [-0.4, -0.2) is 65.0 Å². The van der Waals surface area contributed by atoms with E-state index in [0.717, 1.165) is 61.5 Å². The smallest absolute Gasteiger partial charge is 0.269 e. The van der Waals surface area contributed by atoms with Crippen molar-refractivity contribution in [2.75, 3.05) is 38.1 Å². The van der Waals surface area contributed by atoms with Gasteiger partial charge >= 0.3 is 0 Å². The first-order valence-electron chi connectivity index (χ1n) is 11.0. The number of rotatable bonds is 5. The molecule has 1 fully saturated rings. The van der Waals surface area contributed by atoms with E-state index < -0.39 is 0 Å². The maximum Gasteiger partial charge on any atom is 0.269 e. The Hall–Kier alpha value is -3.00. The predicted molar refractivity (Wildman–Crippen MR) is 121 cm³/mol. The lowest BCUT2D eigenvalue weighted by atomic mass is 10.1. The molecule has 1 atom stereocenters. The second kappa shape index (κ2) is 9.01. The number of pyridine rings is 1. The van der Waals surface area contributed by atoms with Gasteiger partial charge in [0, 0.05) is 51.0 Å². The summed E-state index contributed by atoms with van der Waals surface area (Å²) in [5, 5.41) is 2.62. The summed E-state index contributed by atoms with van der Waals surface area (Å²) in [6.07, 6.45) is 6.65. The fourth-order valence-electron chi connectivity index (χ4n) is 4.46. The van der Waals surface area contributed by atoms with Crippen LogP contribution in [0.1, 0.15) is 47.3 Å². The number of hydrogen-bond acceptors (Lipinski definition) is 6. The van der Waals surface area contributed by atoms with Crippen molar-refractivity contribution in [3.8, 4) is 0 Å². The molecule has 2 aromatic rings. The minimum atomic E-state index is -0.163. The van der Waals surface area contributed by atoms with Gasteiger partial charge in [-0.1, -0.05) is 13.0 Å². The van der Waals surface area contributed by atoms with E-state index in [9.17, 15) is 9.59 Å². The number of aryl methyl sites for hydroxylation is 2. The number of H-pyrrole nitrogens is 1. The molecule has 4 rings (SSSR count). The van der Waals surface area contributed by atoms with E-state index in [2.05, 4.69) is 36.1 Å². The molecule has 1 aliphatic heterocycles. The number of nitrogens with zero attached hydrogens (tertiary/aromatic N) is 4. The summed E-state index contributed by atoms with van der Waals surface area (Å²) in [5.41, 5.74) is 4.25. The molecule has 31 heavy (non-hydrogen) atoms. The number of aromatic nitrogens is 3. The van der Waals surface area contributed by atoms with E-state index in [-0.39, 0.29) is 11.5 Å². The largest absolute Gasteiger partial charge is 0.368 e. The minimum absolute atomic E-state index is 0.0307. The van der Waals surface area contributed by atoms with Gasteiger partial charge in [0.05, 0.1) is 11.4 Å². The van der Waals surface area contributed by atoms with Crippen molar-refractivity contribution in [3.05, 3.63) is 57.5 Å². The number of piperazine rings is 1. The Bertz CT molecular complexity index is 1050. The van der Waals surface area contributed by atoms with Crippen molar-refractivity contribution in [3.63, 3.8) is 0 Å². The van der Waals surface area contributed by atoms with E-state index in [1.165, 1.54) is 0 Å². The van der Waals surface area contributed by atoms with Crippen molar-refractivity contribution >= 4 is 17.2 Å². The second-order valence-corrected chi connectivity index (χ2v) is 8.14. The highest BCUT2D eigenvalue weighted by atomic mass is 16.1. The summed E-state index contributed by atoms with van der Waals surface area (Å²) in [5.74, 6) is 0.546. The molecule has 8 heteroatoms. The van der Waals surface area contributed by atoms with Crippen LogP contribution in [0.5, 0.6) is 0 Å². The Balaban J connectivity index is 1.40. The second-order valence-electron chi connectivity index (χ2n) is 8.14. The van der Waals surface area contributed by atoms with E-state index in [1.54, 1.807) is 19.3 Å². The number of amides is 1. The highest BCUT2D eigenvalue weighted by Crippen LogP contribution is 2.30. The van der Waals surface area contributed by atoms with Gasteiger partial charge in [-0.2, -0.15) is 0 Å². The molecule has 0 radical (unpaired) electrons. The minimum Gasteiger partial charge on any atom is -0.368 e. The molecule has 0 spiro atoms. The van der Waals surface area contributed by atoms with Crippen LogP contribution in [0.3, 0.4) is 0 Å². The highest BCUT2D eigenvalue weighted by Gasteiger charge is 2.28. The third-order valence-corrected chi connectivity index (χ3v) is 6.30. The summed E-state index contributed by atoms with van der Waals surface area (Å²) in [4.78, 5) is 40.6. The zero-order valence-corrected chi connectivity index (χ0v) is 18.4. The SMILES string of the molecule is CCc1cnc(C2=CC(N3CCN(c4ccc(C(=O)NC)nc4C)CC3)CC2)[nH]c1=O. The lowest BCUT2D eigenvalue weighted by molar-refractivity contribution is 0.0958. The highest BCUT2D eigenvalue weighted by molar-refractivity contribution is 5.92. The summed E-state index contributed by atoms with van der Waals surface area (Å²) >= 11 is 0. The van der Waals surface area contributed by atoms with Crippen LogP contribution in [0.25, 0.3) is 5.57 Å². The molecule has 0 bridgehead atoms. The quantitative estimate of drug-likeness (QED) is 0.763. The summed E-state index contributed by atoms with van der Waals surface area (Å²) in [7, 11) is 1.61. The van der Waals surface area contributed by atoms with Gasteiger partial charge in [0.2, 0.25) is 0 Å². The number of carbonyl (C=O) groups is 1. The van der Waals surface area contributed by atoms with Gasteiger partial charge < -0.3 is 15.2 Å². The summed E-state index contributed by atoms with van der Waals surface area (Å²) < 4.78 is 0. The first-order chi connectivity index (χ1) is 15.0. The molecule has 8 nitrogen and oxygen atoms in total. The van der Waals surface area contributed by atoms with E-state index >= 15 is 0 Å². The first kappa shape index (κ1) is 21.2. The van der Waals surface area contributed by atoms with Crippen LogP contribution in [-0.2, 0) is 6.42 Å². The van der Waals surface area contributed by atoms with Crippen LogP contribution < -0.4 is 15.8 Å². The van der Waals surface area contributed by atoms with Gasteiger partial charge in [0.25, 0.3) is 11.5 Å². The lowest BCUT2D eigenvalue weighted by Crippen LogP contribution is -2.49. The van der Waals surface area contributed by atoms with Crippen LogP contribution >= 0.6 is 0 Å². The van der Waals surface area contributed by atoms with Gasteiger partial charge in [-0.05, 0) is 43.9 Å². The van der Waals surface area contributed by atoms with Crippen LogP contribution in [0.15, 0.2) is 29.2 Å². The molecule has 1 unspecified atom stereocenters. The molecule has 0 aromatic carbocycles. The van der Waals surface area contributed by atoms with Crippen LogP contribution in [0.4, 0.5) is 5.69 Å². The van der Waals surface area contributed by atoms with Crippen molar-refractivity contribution in [1.82, 2.24) is 25.2 Å². The third kappa shape index (κ3) is 4.39. The lowest BCUT2D eigenvalue weighted by Gasteiger charge is -2.39. The normalized spacial score (nSPS) is 19.4. The first-order valence-corrected chi connectivity index (χ1v) is 11.0. The fraction of sp³-hybridized carbons (Fsp3) is 0.478. The van der Waals surface area contributed by atoms with Gasteiger partial charge in [-0.25, -0.2) is 9.97 Å². The molecule has 2 aromatic heterocycles. The van der Waals surface area contributed by atoms with Crippen LogP contribution in [0.2, 0.25) is 0 Å². The Labute approximate surface area is 182 Å². The predicted octanol–water partition coefficient (Wildman–Crippen LogP) is 1.76. The molecular formula is C23H30N6O2. The topological polar surface area (TPSA) is 94.2 Å². The van der Waals surface area contributed by atoms with E-state index in [4.69, 9.17) is 0 Å². The maximum atomic E-state index is 12.1. The molecule has 2 aliphatic rings. The average Bonchev–Trinajstić information content (AvgIpc) is 3.29. The number of anilines is 1. The molecule has 0 saturated carbocycles. The van der Waals surface area contributed by atoms with Crippen LogP contribution in [0, 0.1) is 6.92 Å². The Morgan fingerprint density at radius 3 is 2.68 bits per heavy atom. The van der Waals surface area contributed by atoms with Crippen molar-refractivity contribution < 1.29 is 4.79 Å². The Morgan fingerprint density at radius 2 is 2.03 bits per heavy atom. The number of aromatic amines is 1. The van der Waals surface area contributed by atoms with Gasteiger partial charge in [-0.15, -0.1) is 0 Å². The average molecular weight is 423 g/mol. The maximum absolute atomic E-state index is 12.1. The molecule has 1 saturated heterocycles. The molecule has 1 aliphatic carbocycles. The zero-order valence-electron chi connectivity index (χ0n) is 18.4. The van der Waals surface area contributed by atoms with E-state index in [0.29, 0.717) is 24.0 Å². The summed E-state index contributed by atoms with van der Waals surface area (Å²) in [6, 6.07) is 4.16. The number of nitrogens with one attached hydrogen (secondary N) is 2. The molecule has 164 valence electrons. The Morgan fingerprint density at radius 1 is 1.26 bits per heavy atom. The third-order valence-electron chi connectivity index (χ3n) is 6.30. The molecule has 2 N–H and O–H groups in total. The van der Waals surface area contributed by atoms with Gasteiger partial charge in [0.15, 0.2) is 0 Å². The molecule has 3 heterocycles. The molecule has 1 amide bonds. The number of carbonyl (C=O) groups excluding carboxylic acids is 1. The number of hydrogen-bond donors (Lipinski definition) is 2. The molecular weight excluding hydrogens is 392 g/mol. The van der Waals surface area contributed by atoms with Gasteiger partial charge in [0.1, 0.15) is 11.5 Å². The zero-order chi connectivity index (χ0) is 22.0.